The van der Waals surface area contributed by atoms with Crippen LogP contribution in [0.3, 0.4) is 0 Å². The highest BCUT2D eigenvalue weighted by Gasteiger charge is 2.37. The Labute approximate surface area is 174 Å². The molecule has 3 heteroatoms. The molecule has 3 nitrogen and oxygen atoms in total. The van der Waals surface area contributed by atoms with Crippen molar-refractivity contribution in [3.63, 3.8) is 0 Å². The summed E-state index contributed by atoms with van der Waals surface area (Å²) in [7, 11) is 2.18. The van der Waals surface area contributed by atoms with Crippen LogP contribution in [0.25, 0.3) is 0 Å². The molecule has 1 aliphatic rings. The van der Waals surface area contributed by atoms with Crippen molar-refractivity contribution >= 4 is 0 Å². The maximum Gasteiger partial charge on any atom is 0.116 e. The summed E-state index contributed by atoms with van der Waals surface area (Å²) in [6.45, 7) is 4.13. The van der Waals surface area contributed by atoms with Crippen molar-refractivity contribution in [3.05, 3.63) is 108 Å². The molecule has 1 fully saturated rings. The second-order valence-electron chi connectivity index (χ2n) is 8.06. The van der Waals surface area contributed by atoms with Crippen LogP contribution in [0.15, 0.2) is 91.0 Å². The third-order valence-corrected chi connectivity index (χ3v) is 6.15. The Morgan fingerprint density at radius 2 is 1.17 bits per heavy atom. The average Bonchev–Trinajstić information content (AvgIpc) is 2.80. The van der Waals surface area contributed by atoms with Crippen molar-refractivity contribution in [3.8, 4) is 0 Å². The van der Waals surface area contributed by atoms with Gasteiger partial charge in [0.1, 0.15) is 5.60 Å². The van der Waals surface area contributed by atoms with Gasteiger partial charge in [0.05, 0.1) is 0 Å². The SMILES string of the molecule is CN1CCN(C(CC(O)(c2ccccc2)c2ccccc2)c2ccccc2)CC1. The summed E-state index contributed by atoms with van der Waals surface area (Å²) in [6, 6.07) is 31.0. The van der Waals surface area contributed by atoms with E-state index >= 15 is 0 Å². The number of piperazine rings is 1. The second-order valence-corrected chi connectivity index (χ2v) is 8.06. The normalized spacial score (nSPS) is 17.2. The van der Waals surface area contributed by atoms with Crippen molar-refractivity contribution in [1.82, 2.24) is 9.80 Å². The van der Waals surface area contributed by atoms with Gasteiger partial charge in [0, 0.05) is 38.6 Å². The molecule has 0 aliphatic carbocycles. The largest absolute Gasteiger partial charge is 0.380 e. The first-order valence-corrected chi connectivity index (χ1v) is 10.5. The van der Waals surface area contributed by atoms with Crippen LogP contribution < -0.4 is 0 Å². The first-order chi connectivity index (χ1) is 14.2. The molecule has 1 unspecified atom stereocenters. The van der Waals surface area contributed by atoms with E-state index in [1.165, 1.54) is 5.56 Å². The molecule has 1 saturated heterocycles. The summed E-state index contributed by atoms with van der Waals surface area (Å²) >= 11 is 0. The predicted molar refractivity (Wildman–Crippen MR) is 119 cm³/mol. The van der Waals surface area contributed by atoms with Crippen molar-refractivity contribution in [2.24, 2.45) is 0 Å². The smallest absolute Gasteiger partial charge is 0.116 e. The molecule has 0 amide bonds. The molecule has 0 bridgehead atoms. The van der Waals surface area contributed by atoms with Crippen LogP contribution in [0.5, 0.6) is 0 Å². The van der Waals surface area contributed by atoms with E-state index in [9.17, 15) is 5.11 Å². The molecule has 0 aromatic heterocycles. The summed E-state index contributed by atoms with van der Waals surface area (Å²) in [6.07, 6.45) is 0.620. The van der Waals surface area contributed by atoms with E-state index in [2.05, 4.69) is 47.2 Å². The Bertz CT molecular complexity index is 835. The molecule has 1 atom stereocenters. The number of aliphatic hydroxyl groups is 1. The van der Waals surface area contributed by atoms with E-state index < -0.39 is 5.60 Å². The third kappa shape index (κ3) is 4.43. The van der Waals surface area contributed by atoms with Crippen LogP contribution in [0, 0.1) is 0 Å². The maximum absolute atomic E-state index is 12.1. The van der Waals surface area contributed by atoms with E-state index in [1.807, 2.05) is 60.7 Å². The highest BCUT2D eigenvalue weighted by molar-refractivity contribution is 5.37. The Hall–Kier alpha value is -2.46. The Morgan fingerprint density at radius 3 is 1.66 bits per heavy atom. The van der Waals surface area contributed by atoms with Gasteiger partial charge in [-0.15, -0.1) is 0 Å². The minimum atomic E-state index is -1.05. The Kier molecular flexibility index (Phi) is 6.10. The Morgan fingerprint density at radius 1 is 0.724 bits per heavy atom. The number of hydrogen-bond donors (Lipinski definition) is 1. The van der Waals surface area contributed by atoms with Crippen LogP contribution in [0.1, 0.15) is 29.2 Å². The van der Waals surface area contributed by atoms with Crippen LogP contribution >= 0.6 is 0 Å². The molecule has 1 heterocycles. The third-order valence-electron chi connectivity index (χ3n) is 6.15. The number of benzene rings is 3. The molecular formula is C26H30N2O. The monoisotopic (exact) mass is 386 g/mol. The van der Waals surface area contributed by atoms with Crippen LogP contribution in [0.4, 0.5) is 0 Å². The van der Waals surface area contributed by atoms with E-state index in [0.717, 1.165) is 37.3 Å². The topological polar surface area (TPSA) is 26.7 Å². The van der Waals surface area contributed by atoms with Gasteiger partial charge in [0.15, 0.2) is 0 Å². The zero-order valence-electron chi connectivity index (χ0n) is 17.1. The fourth-order valence-electron chi connectivity index (χ4n) is 4.38. The van der Waals surface area contributed by atoms with Gasteiger partial charge in [-0.25, -0.2) is 0 Å². The molecule has 3 aromatic rings. The zero-order valence-corrected chi connectivity index (χ0v) is 17.1. The van der Waals surface area contributed by atoms with Crippen molar-refractivity contribution < 1.29 is 5.11 Å². The first-order valence-electron chi connectivity index (χ1n) is 10.5. The number of hydrogen-bond acceptors (Lipinski definition) is 3. The van der Waals surface area contributed by atoms with Gasteiger partial charge in [0.2, 0.25) is 0 Å². The lowest BCUT2D eigenvalue weighted by Gasteiger charge is -2.42. The lowest BCUT2D eigenvalue weighted by Crippen LogP contribution is -2.47. The number of likely N-dealkylation sites (N-methyl/N-ethyl adjacent to an activating group) is 1. The molecule has 29 heavy (non-hydrogen) atoms. The molecule has 3 aromatic carbocycles. The highest BCUT2D eigenvalue weighted by atomic mass is 16.3. The molecule has 4 rings (SSSR count). The standard InChI is InChI=1S/C26H30N2O/c1-27-17-19-28(20-18-27)25(22-11-5-2-6-12-22)21-26(29,23-13-7-3-8-14-23)24-15-9-4-10-16-24/h2-16,25,29H,17-21H2,1H3. The van der Waals surface area contributed by atoms with E-state index in [4.69, 9.17) is 0 Å². The van der Waals surface area contributed by atoms with Gasteiger partial charge in [-0.05, 0) is 23.7 Å². The van der Waals surface area contributed by atoms with Crippen LogP contribution in [-0.4, -0.2) is 48.1 Å². The lowest BCUT2D eigenvalue weighted by atomic mass is 9.79. The summed E-state index contributed by atoms with van der Waals surface area (Å²) in [5, 5.41) is 12.1. The second kappa shape index (κ2) is 8.91. The van der Waals surface area contributed by atoms with E-state index in [-0.39, 0.29) is 6.04 Å². The van der Waals surface area contributed by atoms with Gasteiger partial charge in [-0.1, -0.05) is 91.0 Å². The summed E-state index contributed by atoms with van der Waals surface area (Å²) in [4.78, 5) is 4.91. The van der Waals surface area contributed by atoms with Crippen molar-refractivity contribution in [2.45, 2.75) is 18.1 Å². The fourth-order valence-corrected chi connectivity index (χ4v) is 4.38. The molecule has 1 N–H and O–H groups in total. The van der Waals surface area contributed by atoms with Gasteiger partial charge in [-0.3, -0.25) is 4.90 Å². The minimum absolute atomic E-state index is 0.148. The summed E-state index contributed by atoms with van der Waals surface area (Å²) in [5.41, 5.74) is 2.11. The van der Waals surface area contributed by atoms with Crippen molar-refractivity contribution in [1.29, 1.82) is 0 Å². The predicted octanol–water partition coefficient (Wildman–Crippen LogP) is 4.30. The van der Waals surface area contributed by atoms with Gasteiger partial charge < -0.3 is 10.0 Å². The highest BCUT2D eigenvalue weighted by Crippen LogP contribution is 2.40. The van der Waals surface area contributed by atoms with Crippen molar-refractivity contribution in [2.75, 3.05) is 33.2 Å². The molecule has 0 saturated carbocycles. The molecule has 0 spiro atoms. The maximum atomic E-state index is 12.1. The van der Waals surface area contributed by atoms with Crippen LogP contribution in [-0.2, 0) is 5.60 Å². The quantitative estimate of drug-likeness (QED) is 0.684. The van der Waals surface area contributed by atoms with Gasteiger partial charge in [-0.2, -0.15) is 0 Å². The number of nitrogens with zero attached hydrogens (tertiary/aromatic N) is 2. The van der Waals surface area contributed by atoms with Crippen LogP contribution in [0.2, 0.25) is 0 Å². The first kappa shape index (κ1) is 19.8. The fraction of sp³-hybridized carbons (Fsp3) is 0.308. The average molecular weight is 387 g/mol. The zero-order chi connectivity index (χ0) is 20.1. The molecular weight excluding hydrogens is 356 g/mol. The Balaban J connectivity index is 1.74. The van der Waals surface area contributed by atoms with E-state index in [1.54, 1.807) is 0 Å². The molecule has 0 radical (unpaired) electrons. The summed E-state index contributed by atoms with van der Waals surface area (Å²) < 4.78 is 0. The summed E-state index contributed by atoms with van der Waals surface area (Å²) in [5.74, 6) is 0. The molecule has 150 valence electrons. The van der Waals surface area contributed by atoms with Gasteiger partial charge in [0.25, 0.3) is 0 Å². The number of rotatable bonds is 6. The minimum Gasteiger partial charge on any atom is -0.380 e. The lowest BCUT2D eigenvalue weighted by molar-refractivity contribution is 0.0190. The molecule has 1 aliphatic heterocycles. The van der Waals surface area contributed by atoms with Gasteiger partial charge >= 0.3 is 0 Å². The van der Waals surface area contributed by atoms with E-state index in [0.29, 0.717) is 6.42 Å².